The van der Waals surface area contributed by atoms with E-state index in [0.29, 0.717) is 5.78 Å². The number of pyridine rings is 1. The van der Waals surface area contributed by atoms with E-state index in [0.717, 1.165) is 44.5 Å². The number of aryl methyl sites for hydroxylation is 1. The molecule has 3 nitrogen and oxygen atoms in total. The Morgan fingerprint density at radius 2 is 2.44 bits per heavy atom. The molecule has 0 bridgehead atoms. The largest absolute Gasteiger partial charge is 0.316 e. The van der Waals surface area contributed by atoms with Crippen LogP contribution in [0.4, 0.5) is 0 Å². The molecule has 1 saturated heterocycles. The molecule has 2 unspecified atom stereocenters. The lowest BCUT2D eigenvalue weighted by molar-refractivity contribution is -0.129. The number of carbonyl (C=O) groups excluding carboxylic acids is 1. The first-order valence-electron chi connectivity index (χ1n) is 6.89. The highest BCUT2D eigenvalue weighted by molar-refractivity contribution is 5.91. The lowest BCUT2D eigenvalue weighted by atomic mass is 9.73. The molecular weight excluding hydrogens is 224 g/mol. The Morgan fingerprint density at radius 1 is 1.56 bits per heavy atom. The second-order valence-corrected chi connectivity index (χ2v) is 5.84. The molecule has 3 heteroatoms. The highest BCUT2D eigenvalue weighted by atomic mass is 16.1. The van der Waals surface area contributed by atoms with Gasteiger partial charge in [-0.1, -0.05) is 13.0 Å². The van der Waals surface area contributed by atoms with Gasteiger partial charge in [-0.2, -0.15) is 0 Å². The van der Waals surface area contributed by atoms with Crippen LogP contribution >= 0.6 is 0 Å². The van der Waals surface area contributed by atoms with E-state index in [1.54, 1.807) is 0 Å². The molecule has 1 aliphatic heterocycles. The normalized spacial score (nSPS) is 31.1. The average Bonchev–Trinajstić information content (AvgIpc) is 2.85. The molecule has 3 rings (SSSR count). The molecule has 2 atom stereocenters. The van der Waals surface area contributed by atoms with Crippen molar-refractivity contribution < 1.29 is 4.79 Å². The minimum absolute atomic E-state index is 0.0276. The minimum atomic E-state index is -0.184. The summed E-state index contributed by atoms with van der Waals surface area (Å²) in [5, 5.41) is 3.32. The standard InChI is InChI=1S/C15H20N2O/c1-15(7-9-16-10-15)14(18)12-6-2-4-11-5-3-8-17-13(11)12/h3,5,8,12,16H,2,4,6-7,9-10H2,1H3. The number of nitrogens with zero attached hydrogens (tertiary/aromatic N) is 1. The number of ketones is 1. The van der Waals surface area contributed by atoms with Gasteiger partial charge >= 0.3 is 0 Å². The van der Waals surface area contributed by atoms with Gasteiger partial charge in [0, 0.05) is 18.2 Å². The lowest BCUT2D eigenvalue weighted by Gasteiger charge is -2.30. The summed E-state index contributed by atoms with van der Waals surface area (Å²) in [5.74, 6) is 0.423. The van der Waals surface area contributed by atoms with Crippen LogP contribution in [0.5, 0.6) is 0 Å². The van der Waals surface area contributed by atoms with Crippen molar-refractivity contribution in [2.24, 2.45) is 5.41 Å². The number of aromatic nitrogens is 1. The van der Waals surface area contributed by atoms with Gasteiger partial charge in [-0.15, -0.1) is 0 Å². The SMILES string of the molecule is CC1(C(=O)C2CCCc3cccnc32)CCNC1. The van der Waals surface area contributed by atoms with Crippen LogP contribution in [0, 0.1) is 5.41 Å². The van der Waals surface area contributed by atoms with E-state index in [4.69, 9.17) is 0 Å². The molecule has 0 aromatic carbocycles. The summed E-state index contributed by atoms with van der Waals surface area (Å²) in [5.41, 5.74) is 2.13. The summed E-state index contributed by atoms with van der Waals surface area (Å²) >= 11 is 0. The number of hydrogen-bond donors (Lipinski definition) is 1. The van der Waals surface area contributed by atoms with Gasteiger partial charge in [0.2, 0.25) is 0 Å². The van der Waals surface area contributed by atoms with Crippen LogP contribution < -0.4 is 5.32 Å². The fourth-order valence-corrected chi connectivity index (χ4v) is 3.31. The van der Waals surface area contributed by atoms with Crippen molar-refractivity contribution in [3.05, 3.63) is 29.6 Å². The molecule has 0 saturated carbocycles. The smallest absolute Gasteiger partial charge is 0.149 e. The fraction of sp³-hybridized carbons (Fsp3) is 0.600. The molecule has 2 heterocycles. The number of hydrogen-bond acceptors (Lipinski definition) is 3. The van der Waals surface area contributed by atoms with Crippen LogP contribution in [-0.4, -0.2) is 23.9 Å². The molecule has 2 aliphatic rings. The monoisotopic (exact) mass is 244 g/mol. The Balaban J connectivity index is 1.92. The maximum atomic E-state index is 12.8. The van der Waals surface area contributed by atoms with Gasteiger partial charge in [0.05, 0.1) is 11.6 Å². The number of fused-ring (bicyclic) bond motifs is 1. The van der Waals surface area contributed by atoms with Gasteiger partial charge in [-0.05, 0) is 43.9 Å². The van der Waals surface area contributed by atoms with E-state index in [1.165, 1.54) is 5.56 Å². The van der Waals surface area contributed by atoms with E-state index in [2.05, 4.69) is 23.3 Å². The van der Waals surface area contributed by atoms with Gasteiger partial charge in [0.1, 0.15) is 5.78 Å². The van der Waals surface area contributed by atoms with Gasteiger partial charge in [0.25, 0.3) is 0 Å². The highest BCUT2D eigenvalue weighted by Gasteiger charge is 2.42. The van der Waals surface area contributed by atoms with E-state index in [1.807, 2.05) is 12.3 Å². The summed E-state index contributed by atoms with van der Waals surface area (Å²) < 4.78 is 0. The Morgan fingerprint density at radius 3 is 3.22 bits per heavy atom. The van der Waals surface area contributed by atoms with Crippen LogP contribution in [0.2, 0.25) is 0 Å². The molecule has 0 amide bonds. The first-order chi connectivity index (χ1) is 8.71. The van der Waals surface area contributed by atoms with Crippen LogP contribution in [0.3, 0.4) is 0 Å². The minimum Gasteiger partial charge on any atom is -0.316 e. The molecule has 18 heavy (non-hydrogen) atoms. The molecule has 1 aromatic heterocycles. The van der Waals surface area contributed by atoms with Crippen LogP contribution in [0.1, 0.15) is 43.4 Å². The number of Topliss-reactive ketones (excluding diaryl/α,β-unsaturated/α-hetero) is 1. The summed E-state index contributed by atoms with van der Waals surface area (Å²) in [6.07, 6.45) is 5.93. The second kappa shape index (κ2) is 4.47. The topological polar surface area (TPSA) is 42.0 Å². The fourth-order valence-electron chi connectivity index (χ4n) is 3.31. The maximum Gasteiger partial charge on any atom is 0.149 e. The maximum absolute atomic E-state index is 12.8. The van der Waals surface area contributed by atoms with Gasteiger partial charge in [-0.25, -0.2) is 0 Å². The lowest BCUT2D eigenvalue weighted by Crippen LogP contribution is -2.36. The van der Waals surface area contributed by atoms with Crippen molar-refractivity contribution in [1.29, 1.82) is 0 Å². The van der Waals surface area contributed by atoms with Crippen LogP contribution in [0.25, 0.3) is 0 Å². The van der Waals surface area contributed by atoms with Crippen LogP contribution in [-0.2, 0) is 11.2 Å². The Labute approximate surface area is 108 Å². The number of rotatable bonds is 2. The molecular formula is C15H20N2O. The van der Waals surface area contributed by atoms with Crippen molar-refractivity contribution >= 4 is 5.78 Å². The van der Waals surface area contributed by atoms with E-state index in [9.17, 15) is 4.79 Å². The highest BCUT2D eigenvalue weighted by Crippen LogP contribution is 2.38. The van der Waals surface area contributed by atoms with Crippen molar-refractivity contribution in [2.75, 3.05) is 13.1 Å². The Hall–Kier alpha value is -1.22. The Bertz CT molecular complexity index is 463. The number of carbonyl (C=O) groups is 1. The van der Waals surface area contributed by atoms with Crippen molar-refractivity contribution in [2.45, 2.75) is 38.5 Å². The predicted octanol–water partition coefficient (Wildman–Crippen LogP) is 2.07. The molecule has 0 spiro atoms. The molecule has 96 valence electrons. The second-order valence-electron chi connectivity index (χ2n) is 5.84. The van der Waals surface area contributed by atoms with Gasteiger partial charge in [-0.3, -0.25) is 9.78 Å². The molecule has 1 aromatic rings. The van der Waals surface area contributed by atoms with Gasteiger partial charge in [0.15, 0.2) is 0 Å². The molecule has 0 radical (unpaired) electrons. The molecule has 1 N–H and O–H groups in total. The third-order valence-corrected chi connectivity index (χ3v) is 4.48. The first-order valence-corrected chi connectivity index (χ1v) is 6.89. The third kappa shape index (κ3) is 1.87. The number of nitrogens with one attached hydrogen (secondary N) is 1. The zero-order chi connectivity index (χ0) is 12.6. The third-order valence-electron chi connectivity index (χ3n) is 4.48. The molecule has 1 aliphatic carbocycles. The van der Waals surface area contributed by atoms with Crippen molar-refractivity contribution in [3.8, 4) is 0 Å². The summed E-state index contributed by atoms with van der Waals surface area (Å²) in [7, 11) is 0. The van der Waals surface area contributed by atoms with E-state index < -0.39 is 0 Å². The van der Waals surface area contributed by atoms with Crippen molar-refractivity contribution in [1.82, 2.24) is 10.3 Å². The Kier molecular flexibility index (Phi) is 2.94. The summed E-state index contributed by atoms with van der Waals surface area (Å²) in [6, 6.07) is 4.10. The first kappa shape index (κ1) is 11.8. The van der Waals surface area contributed by atoms with Gasteiger partial charge < -0.3 is 5.32 Å². The zero-order valence-electron chi connectivity index (χ0n) is 10.9. The summed E-state index contributed by atoms with van der Waals surface area (Å²) in [4.78, 5) is 17.3. The quantitative estimate of drug-likeness (QED) is 0.866. The van der Waals surface area contributed by atoms with E-state index >= 15 is 0 Å². The van der Waals surface area contributed by atoms with Crippen molar-refractivity contribution in [3.63, 3.8) is 0 Å². The molecule has 1 fully saturated rings. The zero-order valence-corrected chi connectivity index (χ0v) is 10.9. The average molecular weight is 244 g/mol. The van der Waals surface area contributed by atoms with Crippen LogP contribution in [0.15, 0.2) is 18.3 Å². The summed E-state index contributed by atoms with van der Waals surface area (Å²) in [6.45, 7) is 3.89. The predicted molar refractivity (Wildman–Crippen MR) is 70.5 cm³/mol. The van der Waals surface area contributed by atoms with E-state index in [-0.39, 0.29) is 11.3 Å².